The van der Waals surface area contributed by atoms with Crippen LogP contribution in [0.15, 0.2) is 47.6 Å². The Morgan fingerprint density at radius 2 is 1.96 bits per heavy atom. The zero-order chi connectivity index (χ0) is 20.1. The minimum Gasteiger partial charge on any atom is -0.504 e. The van der Waals surface area contributed by atoms with Gasteiger partial charge in [0.25, 0.3) is 0 Å². The van der Waals surface area contributed by atoms with Crippen molar-refractivity contribution in [2.24, 2.45) is 11.3 Å². The molecular formula is C22H23IO4. The minimum absolute atomic E-state index is 0.00380. The molecule has 0 heterocycles. The van der Waals surface area contributed by atoms with Crippen molar-refractivity contribution in [3.63, 3.8) is 0 Å². The molecule has 0 saturated carbocycles. The standard InChI is InChI=1S/C22H23IO4/c1-6-13-7-8-15-19(24)11(2)12(3)21(26)22(15,4)18(13)14-9-16(23)20(25)17(10-14)27-5/h6-7,9-10,15,18,25H,1,8H2,2-5H3/t15-,18+,22+/m0/s1. The molecule has 3 atom stereocenters. The largest absolute Gasteiger partial charge is 0.504 e. The van der Waals surface area contributed by atoms with Crippen LogP contribution in [0.25, 0.3) is 0 Å². The van der Waals surface area contributed by atoms with E-state index in [-0.39, 0.29) is 23.2 Å². The Morgan fingerprint density at radius 3 is 2.56 bits per heavy atom. The fraction of sp³-hybridized carbons (Fsp3) is 0.364. The highest BCUT2D eigenvalue weighted by molar-refractivity contribution is 14.1. The number of ketones is 2. The number of halogens is 1. The summed E-state index contributed by atoms with van der Waals surface area (Å²) in [7, 11) is 1.50. The number of phenolic OH excluding ortho intramolecular Hbond substituents is 1. The van der Waals surface area contributed by atoms with Gasteiger partial charge >= 0.3 is 0 Å². The first kappa shape index (κ1) is 19.9. The van der Waals surface area contributed by atoms with E-state index in [0.717, 1.165) is 11.1 Å². The molecule has 0 aliphatic heterocycles. The van der Waals surface area contributed by atoms with Crippen LogP contribution < -0.4 is 4.74 Å². The van der Waals surface area contributed by atoms with Crippen molar-refractivity contribution in [1.29, 1.82) is 0 Å². The van der Waals surface area contributed by atoms with E-state index >= 15 is 0 Å². The number of ether oxygens (including phenoxy) is 1. The molecule has 0 spiro atoms. The minimum atomic E-state index is -0.899. The Morgan fingerprint density at radius 1 is 1.30 bits per heavy atom. The van der Waals surface area contributed by atoms with Gasteiger partial charge in [0.05, 0.1) is 16.1 Å². The molecule has 0 amide bonds. The Hall–Kier alpha value is -1.89. The van der Waals surface area contributed by atoms with Crippen LogP contribution in [0, 0.1) is 14.9 Å². The smallest absolute Gasteiger partial charge is 0.171 e. The number of phenols is 1. The number of hydrogen-bond donors (Lipinski definition) is 1. The molecule has 1 aromatic rings. The van der Waals surface area contributed by atoms with Crippen molar-refractivity contribution in [3.05, 3.63) is 56.7 Å². The van der Waals surface area contributed by atoms with Crippen molar-refractivity contribution in [3.8, 4) is 11.5 Å². The van der Waals surface area contributed by atoms with Crippen molar-refractivity contribution in [1.82, 2.24) is 0 Å². The molecule has 27 heavy (non-hydrogen) atoms. The maximum Gasteiger partial charge on any atom is 0.171 e. The number of Topliss-reactive ketones (excluding diaryl/α,β-unsaturated/α-hetero) is 2. The van der Waals surface area contributed by atoms with E-state index in [9.17, 15) is 14.7 Å². The summed E-state index contributed by atoms with van der Waals surface area (Å²) >= 11 is 2.05. The van der Waals surface area contributed by atoms with Crippen LogP contribution in [0.3, 0.4) is 0 Å². The van der Waals surface area contributed by atoms with Gasteiger partial charge in [-0.1, -0.05) is 25.7 Å². The first-order valence-electron chi connectivity index (χ1n) is 8.83. The first-order valence-corrected chi connectivity index (χ1v) is 9.91. The second kappa shape index (κ2) is 6.93. The molecule has 2 aliphatic carbocycles. The molecular weight excluding hydrogens is 455 g/mol. The predicted molar refractivity (Wildman–Crippen MR) is 113 cm³/mol. The highest BCUT2D eigenvalue weighted by Crippen LogP contribution is 2.56. The van der Waals surface area contributed by atoms with E-state index < -0.39 is 11.3 Å². The van der Waals surface area contributed by atoms with E-state index in [1.807, 2.05) is 41.7 Å². The molecule has 1 N–H and O–H groups in total. The van der Waals surface area contributed by atoms with E-state index in [2.05, 4.69) is 6.58 Å². The molecule has 5 heteroatoms. The van der Waals surface area contributed by atoms with Crippen LogP contribution >= 0.6 is 22.6 Å². The predicted octanol–water partition coefficient (Wildman–Crippen LogP) is 4.72. The summed E-state index contributed by atoms with van der Waals surface area (Å²) in [4.78, 5) is 26.4. The first-order chi connectivity index (χ1) is 12.7. The molecule has 3 rings (SSSR count). The van der Waals surface area contributed by atoms with Gasteiger partial charge in [-0.2, -0.15) is 0 Å². The second-order valence-corrected chi connectivity index (χ2v) is 8.57. The van der Waals surface area contributed by atoms with Crippen LogP contribution in [-0.2, 0) is 9.59 Å². The Kier molecular flexibility index (Phi) is 5.10. The lowest BCUT2D eigenvalue weighted by molar-refractivity contribution is -0.138. The van der Waals surface area contributed by atoms with Crippen molar-refractivity contribution in [2.75, 3.05) is 7.11 Å². The summed E-state index contributed by atoms with van der Waals surface area (Å²) in [5.41, 5.74) is 1.96. The highest BCUT2D eigenvalue weighted by atomic mass is 127. The number of allylic oxidation sites excluding steroid dienone is 5. The van der Waals surface area contributed by atoms with Crippen LogP contribution in [0.1, 0.15) is 38.7 Å². The summed E-state index contributed by atoms with van der Waals surface area (Å²) in [5.74, 6) is -0.273. The van der Waals surface area contributed by atoms with Crippen LogP contribution in [0.2, 0.25) is 0 Å². The summed E-state index contributed by atoms with van der Waals surface area (Å²) in [6.45, 7) is 9.30. The SMILES string of the molecule is C=CC1=CC[C@H]2C(=O)C(C)=C(C)C(=O)[C@@]2(C)[C@H]1c1cc(I)c(O)c(OC)c1. The maximum atomic E-state index is 13.4. The Bertz CT molecular complexity index is 924. The van der Waals surface area contributed by atoms with Gasteiger partial charge in [0.15, 0.2) is 23.1 Å². The van der Waals surface area contributed by atoms with Crippen LogP contribution in [-0.4, -0.2) is 23.8 Å². The van der Waals surface area contributed by atoms with Gasteiger partial charge in [-0.3, -0.25) is 9.59 Å². The number of aromatic hydroxyl groups is 1. The molecule has 0 saturated heterocycles. The summed E-state index contributed by atoms with van der Waals surface area (Å²) in [6.07, 6.45) is 4.29. The molecule has 0 radical (unpaired) electrons. The number of carbonyl (C=O) groups is 2. The molecule has 4 nitrogen and oxygen atoms in total. The summed E-state index contributed by atoms with van der Waals surface area (Å²) in [6, 6.07) is 3.61. The Balaban J connectivity index is 2.29. The maximum absolute atomic E-state index is 13.4. The fourth-order valence-corrected chi connectivity index (χ4v) is 5.13. The quantitative estimate of drug-likeness (QED) is 0.639. The average molecular weight is 478 g/mol. The molecule has 0 bridgehead atoms. The van der Waals surface area contributed by atoms with Crippen LogP contribution in [0.4, 0.5) is 0 Å². The van der Waals surface area contributed by atoms with Gasteiger partial charge in [0, 0.05) is 11.8 Å². The number of hydrogen-bond acceptors (Lipinski definition) is 4. The van der Waals surface area contributed by atoms with Crippen molar-refractivity contribution >= 4 is 34.2 Å². The van der Waals surface area contributed by atoms with Gasteiger partial charge in [-0.25, -0.2) is 0 Å². The zero-order valence-corrected chi connectivity index (χ0v) is 18.1. The molecule has 142 valence electrons. The Labute approximate surface area is 173 Å². The average Bonchev–Trinajstić information content (AvgIpc) is 2.66. The lowest BCUT2D eigenvalue weighted by atomic mass is 9.52. The van der Waals surface area contributed by atoms with Gasteiger partial charge in [0.2, 0.25) is 0 Å². The third kappa shape index (κ3) is 2.78. The number of carbonyl (C=O) groups excluding carboxylic acids is 2. The van der Waals surface area contributed by atoms with Crippen molar-refractivity contribution < 1.29 is 19.4 Å². The lowest BCUT2D eigenvalue weighted by Gasteiger charge is -2.48. The molecule has 0 fully saturated rings. The number of fused-ring (bicyclic) bond motifs is 1. The molecule has 0 aromatic heterocycles. The van der Waals surface area contributed by atoms with Crippen LogP contribution in [0.5, 0.6) is 11.5 Å². The molecule has 2 aliphatic rings. The van der Waals surface area contributed by atoms with E-state index in [1.165, 1.54) is 7.11 Å². The highest BCUT2D eigenvalue weighted by Gasteiger charge is 2.56. The normalized spacial score (nSPS) is 28.0. The number of rotatable bonds is 3. The third-order valence-electron chi connectivity index (χ3n) is 6.16. The van der Waals surface area contributed by atoms with Gasteiger partial charge in [-0.15, -0.1) is 0 Å². The van der Waals surface area contributed by atoms with Gasteiger partial charge in [-0.05, 0) is 77.3 Å². The summed E-state index contributed by atoms with van der Waals surface area (Å²) < 4.78 is 5.95. The summed E-state index contributed by atoms with van der Waals surface area (Å²) in [5, 5.41) is 10.2. The van der Waals surface area contributed by atoms with Gasteiger partial charge in [0.1, 0.15) is 0 Å². The zero-order valence-electron chi connectivity index (χ0n) is 15.9. The third-order valence-corrected chi connectivity index (χ3v) is 6.99. The van der Waals surface area contributed by atoms with Crippen molar-refractivity contribution in [2.45, 2.75) is 33.1 Å². The van der Waals surface area contributed by atoms with E-state index in [4.69, 9.17) is 4.74 Å². The number of methoxy groups -OCH3 is 1. The topological polar surface area (TPSA) is 63.6 Å². The second-order valence-electron chi connectivity index (χ2n) is 7.41. The molecule has 0 unspecified atom stereocenters. The fourth-order valence-electron chi connectivity index (χ4n) is 4.51. The van der Waals surface area contributed by atoms with E-state index in [1.54, 1.807) is 26.0 Å². The monoisotopic (exact) mass is 478 g/mol. The molecule has 1 aromatic carbocycles. The van der Waals surface area contributed by atoms with E-state index in [0.29, 0.717) is 26.9 Å². The lowest BCUT2D eigenvalue weighted by Crippen LogP contribution is -2.50. The van der Waals surface area contributed by atoms with Gasteiger partial charge < -0.3 is 9.84 Å². The number of benzene rings is 1.